The van der Waals surface area contributed by atoms with E-state index in [1.807, 2.05) is 38.1 Å². The van der Waals surface area contributed by atoms with E-state index in [2.05, 4.69) is 10.2 Å². The van der Waals surface area contributed by atoms with Gasteiger partial charge in [0.2, 0.25) is 5.91 Å². The molecule has 1 aromatic carbocycles. The summed E-state index contributed by atoms with van der Waals surface area (Å²) in [5.41, 5.74) is 1.98. The van der Waals surface area contributed by atoms with Crippen molar-refractivity contribution in [2.45, 2.75) is 20.0 Å². The van der Waals surface area contributed by atoms with E-state index in [4.69, 9.17) is 4.74 Å². The summed E-state index contributed by atoms with van der Waals surface area (Å²) in [6.45, 7) is 6.81. The normalized spacial score (nSPS) is 20.7. The quantitative estimate of drug-likeness (QED) is 0.884. The number of morpholine rings is 1. The lowest BCUT2D eigenvalue weighted by atomic mass is 10.2. The van der Waals surface area contributed by atoms with E-state index in [0.717, 1.165) is 24.3 Å². The molecule has 1 amide bonds. The van der Waals surface area contributed by atoms with Gasteiger partial charge in [0, 0.05) is 18.8 Å². The third kappa shape index (κ3) is 3.55. The van der Waals surface area contributed by atoms with Crippen LogP contribution in [0.4, 0.5) is 5.69 Å². The summed E-state index contributed by atoms with van der Waals surface area (Å²) in [7, 11) is 0. The SMILES string of the molecule is Cc1ccccc1NC(=O)CN1CCOC(C)C1. The van der Waals surface area contributed by atoms with E-state index in [0.29, 0.717) is 13.2 Å². The first-order valence-corrected chi connectivity index (χ1v) is 6.34. The van der Waals surface area contributed by atoms with Gasteiger partial charge in [0.25, 0.3) is 0 Å². The molecule has 4 nitrogen and oxygen atoms in total. The summed E-state index contributed by atoms with van der Waals surface area (Å²) in [6, 6.07) is 7.82. The zero-order valence-electron chi connectivity index (χ0n) is 11.0. The standard InChI is InChI=1S/C14H20N2O2/c1-11-5-3-4-6-13(11)15-14(17)10-16-7-8-18-12(2)9-16/h3-6,12H,7-10H2,1-2H3,(H,15,17). The van der Waals surface area contributed by atoms with Gasteiger partial charge in [-0.05, 0) is 25.5 Å². The number of rotatable bonds is 3. The molecule has 0 aliphatic carbocycles. The smallest absolute Gasteiger partial charge is 0.238 e. The lowest BCUT2D eigenvalue weighted by Crippen LogP contribution is -2.44. The van der Waals surface area contributed by atoms with E-state index in [-0.39, 0.29) is 12.0 Å². The fourth-order valence-corrected chi connectivity index (χ4v) is 2.14. The van der Waals surface area contributed by atoms with Crippen LogP contribution in [0.3, 0.4) is 0 Å². The number of para-hydroxylation sites is 1. The van der Waals surface area contributed by atoms with Crippen molar-refractivity contribution in [2.24, 2.45) is 0 Å². The van der Waals surface area contributed by atoms with E-state index in [9.17, 15) is 4.79 Å². The van der Waals surface area contributed by atoms with E-state index >= 15 is 0 Å². The number of benzene rings is 1. The van der Waals surface area contributed by atoms with E-state index in [1.165, 1.54) is 0 Å². The molecule has 98 valence electrons. The highest BCUT2D eigenvalue weighted by atomic mass is 16.5. The van der Waals surface area contributed by atoms with Crippen molar-refractivity contribution < 1.29 is 9.53 Å². The van der Waals surface area contributed by atoms with Crippen molar-refractivity contribution in [1.29, 1.82) is 0 Å². The predicted octanol–water partition coefficient (Wildman–Crippen LogP) is 1.65. The van der Waals surface area contributed by atoms with Crippen LogP contribution in [0.5, 0.6) is 0 Å². The molecule has 2 rings (SSSR count). The van der Waals surface area contributed by atoms with Gasteiger partial charge in [0.1, 0.15) is 0 Å². The van der Waals surface area contributed by atoms with Crippen molar-refractivity contribution >= 4 is 11.6 Å². The Labute approximate surface area is 108 Å². The number of aryl methyl sites for hydroxylation is 1. The third-order valence-corrected chi connectivity index (χ3v) is 3.11. The number of anilines is 1. The first kappa shape index (κ1) is 13.1. The summed E-state index contributed by atoms with van der Waals surface area (Å²) < 4.78 is 5.45. The minimum absolute atomic E-state index is 0.0402. The third-order valence-electron chi connectivity index (χ3n) is 3.11. The average Bonchev–Trinajstić information content (AvgIpc) is 2.32. The van der Waals surface area contributed by atoms with E-state index in [1.54, 1.807) is 0 Å². The zero-order valence-corrected chi connectivity index (χ0v) is 11.0. The number of carbonyl (C=O) groups is 1. The number of carbonyl (C=O) groups excluding carboxylic acids is 1. The van der Waals surface area contributed by atoms with Gasteiger partial charge in [-0.2, -0.15) is 0 Å². The maximum atomic E-state index is 11.9. The maximum Gasteiger partial charge on any atom is 0.238 e. The molecule has 1 N–H and O–H groups in total. The molecule has 1 aliphatic heterocycles. The summed E-state index contributed by atoms with van der Waals surface area (Å²) in [5, 5.41) is 2.95. The van der Waals surface area contributed by atoms with Crippen LogP contribution in [0.25, 0.3) is 0 Å². The molecular weight excluding hydrogens is 228 g/mol. The first-order valence-electron chi connectivity index (χ1n) is 6.34. The molecular formula is C14H20N2O2. The van der Waals surface area contributed by atoms with Gasteiger partial charge in [-0.15, -0.1) is 0 Å². The number of ether oxygens (including phenoxy) is 1. The highest BCUT2D eigenvalue weighted by Gasteiger charge is 2.18. The van der Waals surface area contributed by atoms with Crippen molar-refractivity contribution in [2.75, 3.05) is 31.6 Å². The molecule has 0 saturated carbocycles. The number of nitrogens with zero attached hydrogens (tertiary/aromatic N) is 1. The van der Waals surface area contributed by atoms with Crippen LogP contribution >= 0.6 is 0 Å². The Bertz CT molecular complexity index is 420. The maximum absolute atomic E-state index is 11.9. The number of hydrogen-bond donors (Lipinski definition) is 1. The topological polar surface area (TPSA) is 41.6 Å². The molecule has 0 radical (unpaired) electrons. The van der Waals surface area contributed by atoms with Crippen LogP contribution in [0.15, 0.2) is 24.3 Å². The minimum Gasteiger partial charge on any atom is -0.376 e. The van der Waals surface area contributed by atoms with Gasteiger partial charge in [0.15, 0.2) is 0 Å². The molecule has 1 unspecified atom stereocenters. The molecule has 1 fully saturated rings. The summed E-state index contributed by atoms with van der Waals surface area (Å²) in [5.74, 6) is 0.0402. The number of hydrogen-bond acceptors (Lipinski definition) is 3. The van der Waals surface area contributed by atoms with Crippen molar-refractivity contribution in [1.82, 2.24) is 4.90 Å². The number of nitrogens with one attached hydrogen (secondary N) is 1. The number of amides is 1. The monoisotopic (exact) mass is 248 g/mol. The Morgan fingerprint density at radius 1 is 1.50 bits per heavy atom. The second-order valence-electron chi connectivity index (χ2n) is 4.78. The Kier molecular flexibility index (Phi) is 4.33. The Morgan fingerprint density at radius 2 is 2.28 bits per heavy atom. The van der Waals surface area contributed by atoms with Gasteiger partial charge in [-0.1, -0.05) is 18.2 Å². The lowest BCUT2D eigenvalue weighted by Gasteiger charge is -2.30. The highest BCUT2D eigenvalue weighted by Crippen LogP contribution is 2.13. The molecule has 1 aliphatic rings. The average molecular weight is 248 g/mol. The van der Waals surface area contributed by atoms with Crippen LogP contribution in [0.1, 0.15) is 12.5 Å². The van der Waals surface area contributed by atoms with Gasteiger partial charge in [0.05, 0.1) is 19.3 Å². The second-order valence-corrected chi connectivity index (χ2v) is 4.78. The Hall–Kier alpha value is -1.39. The molecule has 1 heterocycles. The van der Waals surface area contributed by atoms with Crippen LogP contribution in [-0.2, 0) is 9.53 Å². The van der Waals surface area contributed by atoms with Gasteiger partial charge in [-0.3, -0.25) is 9.69 Å². The summed E-state index contributed by atoms with van der Waals surface area (Å²) >= 11 is 0. The van der Waals surface area contributed by atoms with Crippen LogP contribution < -0.4 is 5.32 Å². The first-order chi connectivity index (χ1) is 8.65. The molecule has 0 spiro atoms. The fourth-order valence-electron chi connectivity index (χ4n) is 2.14. The van der Waals surface area contributed by atoms with Crippen molar-refractivity contribution in [3.8, 4) is 0 Å². The molecule has 1 saturated heterocycles. The molecule has 0 aromatic heterocycles. The Balaban J connectivity index is 1.87. The summed E-state index contributed by atoms with van der Waals surface area (Å²) in [6.07, 6.45) is 0.213. The zero-order chi connectivity index (χ0) is 13.0. The van der Waals surface area contributed by atoms with Crippen molar-refractivity contribution in [3.05, 3.63) is 29.8 Å². The Morgan fingerprint density at radius 3 is 3.00 bits per heavy atom. The van der Waals surface area contributed by atoms with Crippen molar-refractivity contribution in [3.63, 3.8) is 0 Å². The summed E-state index contributed by atoms with van der Waals surface area (Å²) in [4.78, 5) is 14.1. The van der Waals surface area contributed by atoms with Crippen LogP contribution in [0.2, 0.25) is 0 Å². The molecule has 1 aromatic rings. The molecule has 0 bridgehead atoms. The molecule has 18 heavy (non-hydrogen) atoms. The largest absolute Gasteiger partial charge is 0.376 e. The highest BCUT2D eigenvalue weighted by molar-refractivity contribution is 5.92. The predicted molar refractivity (Wildman–Crippen MR) is 71.7 cm³/mol. The second kappa shape index (κ2) is 5.98. The van der Waals surface area contributed by atoms with Crippen LogP contribution in [0, 0.1) is 6.92 Å². The van der Waals surface area contributed by atoms with Gasteiger partial charge >= 0.3 is 0 Å². The fraction of sp³-hybridized carbons (Fsp3) is 0.500. The van der Waals surface area contributed by atoms with E-state index < -0.39 is 0 Å². The van der Waals surface area contributed by atoms with Gasteiger partial charge in [-0.25, -0.2) is 0 Å². The molecule has 4 heteroatoms. The van der Waals surface area contributed by atoms with Crippen LogP contribution in [-0.4, -0.2) is 43.2 Å². The molecule has 1 atom stereocenters. The minimum atomic E-state index is 0.0402. The van der Waals surface area contributed by atoms with Gasteiger partial charge < -0.3 is 10.1 Å². The lowest BCUT2D eigenvalue weighted by molar-refractivity contribution is -0.119.